The fourth-order valence-corrected chi connectivity index (χ4v) is 2.31. The number of nitrogens with one attached hydrogen (secondary N) is 2. The lowest BCUT2D eigenvalue weighted by Crippen LogP contribution is -2.40. The van der Waals surface area contributed by atoms with Crippen LogP contribution in [0.2, 0.25) is 0 Å². The van der Waals surface area contributed by atoms with Crippen molar-refractivity contribution in [3.63, 3.8) is 0 Å². The molecule has 1 aliphatic rings. The molecule has 22 heavy (non-hydrogen) atoms. The lowest BCUT2D eigenvalue weighted by atomic mass is 10.1. The highest BCUT2D eigenvalue weighted by molar-refractivity contribution is 5.82. The van der Waals surface area contributed by atoms with Crippen LogP contribution in [-0.4, -0.2) is 38.1 Å². The van der Waals surface area contributed by atoms with E-state index in [2.05, 4.69) is 10.6 Å². The van der Waals surface area contributed by atoms with Crippen LogP contribution in [0.15, 0.2) is 18.2 Å². The molecule has 1 heterocycles. The van der Waals surface area contributed by atoms with Gasteiger partial charge in [-0.25, -0.2) is 8.78 Å². The summed E-state index contributed by atoms with van der Waals surface area (Å²) >= 11 is 0. The maximum Gasteiger partial charge on any atom is 0.262 e. The minimum absolute atomic E-state index is 0.243. The van der Waals surface area contributed by atoms with Crippen molar-refractivity contribution in [3.8, 4) is 11.5 Å². The van der Waals surface area contributed by atoms with Gasteiger partial charge in [0.25, 0.3) is 5.92 Å². The standard InChI is InChI=1S/C15H20F2N2O3/c1-3-22-13-6-10(4-5-12(13)21-2)8-18-14(20)11-7-15(16,17)9-19-11/h4-6,11,19H,3,7-9H2,1-2H3,(H,18,20). The van der Waals surface area contributed by atoms with Crippen LogP contribution >= 0.6 is 0 Å². The molecule has 0 aliphatic carbocycles. The Kier molecular flexibility index (Phi) is 5.18. The third-order valence-corrected chi connectivity index (χ3v) is 3.42. The van der Waals surface area contributed by atoms with Crippen molar-refractivity contribution in [1.29, 1.82) is 0 Å². The number of rotatable bonds is 6. The molecule has 1 unspecified atom stereocenters. The van der Waals surface area contributed by atoms with Gasteiger partial charge in [0, 0.05) is 13.0 Å². The smallest absolute Gasteiger partial charge is 0.262 e. The molecule has 1 aromatic carbocycles. The second-order valence-electron chi connectivity index (χ2n) is 5.13. The molecular formula is C15H20F2N2O3. The lowest BCUT2D eigenvalue weighted by molar-refractivity contribution is -0.123. The van der Waals surface area contributed by atoms with Crippen LogP contribution in [0.4, 0.5) is 8.78 Å². The van der Waals surface area contributed by atoms with Crippen LogP contribution in [0.5, 0.6) is 11.5 Å². The van der Waals surface area contributed by atoms with Crippen LogP contribution in [0.25, 0.3) is 0 Å². The van der Waals surface area contributed by atoms with Crippen LogP contribution in [-0.2, 0) is 11.3 Å². The summed E-state index contributed by atoms with van der Waals surface area (Å²) < 4.78 is 36.8. The maximum absolute atomic E-state index is 13.1. The van der Waals surface area contributed by atoms with Crippen LogP contribution < -0.4 is 20.1 Å². The topological polar surface area (TPSA) is 59.6 Å². The molecule has 1 fully saturated rings. The highest BCUT2D eigenvalue weighted by Crippen LogP contribution is 2.28. The molecule has 1 aliphatic heterocycles. The average molecular weight is 314 g/mol. The minimum atomic E-state index is -2.82. The minimum Gasteiger partial charge on any atom is -0.493 e. The predicted molar refractivity (Wildman–Crippen MR) is 77.4 cm³/mol. The summed E-state index contributed by atoms with van der Waals surface area (Å²) in [5.41, 5.74) is 0.808. The van der Waals surface area contributed by atoms with Gasteiger partial charge in [0.1, 0.15) is 0 Å². The van der Waals surface area contributed by atoms with Gasteiger partial charge in [0.15, 0.2) is 11.5 Å². The Morgan fingerprint density at radius 3 is 2.82 bits per heavy atom. The van der Waals surface area contributed by atoms with E-state index < -0.39 is 30.8 Å². The Bertz CT molecular complexity index is 538. The molecule has 0 aromatic heterocycles. The van der Waals surface area contributed by atoms with Gasteiger partial charge in [-0.15, -0.1) is 0 Å². The number of halogens is 2. The van der Waals surface area contributed by atoms with E-state index in [1.165, 1.54) is 0 Å². The summed E-state index contributed by atoms with van der Waals surface area (Å²) in [6.07, 6.45) is -0.467. The van der Waals surface area contributed by atoms with Crippen molar-refractivity contribution < 1.29 is 23.0 Å². The highest BCUT2D eigenvalue weighted by atomic mass is 19.3. The average Bonchev–Trinajstić information content (AvgIpc) is 2.85. The largest absolute Gasteiger partial charge is 0.493 e. The molecule has 0 saturated carbocycles. The first-order valence-electron chi connectivity index (χ1n) is 7.14. The van der Waals surface area contributed by atoms with E-state index in [9.17, 15) is 13.6 Å². The van der Waals surface area contributed by atoms with Gasteiger partial charge in [-0.05, 0) is 24.6 Å². The number of ether oxygens (including phenoxy) is 2. The SMILES string of the molecule is CCOc1cc(CNC(=O)C2CC(F)(F)CN2)ccc1OC. The molecule has 2 N–H and O–H groups in total. The number of carbonyl (C=O) groups excluding carboxylic acids is 1. The van der Waals surface area contributed by atoms with Gasteiger partial charge in [-0.3, -0.25) is 10.1 Å². The molecule has 1 aromatic rings. The summed E-state index contributed by atoms with van der Waals surface area (Å²) in [6.45, 7) is 2.14. The van der Waals surface area contributed by atoms with Gasteiger partial charge < -0.3 is 14.8 Å². The van der Waals surface area contributed by atoms with Gasteiger partial charge in [0.2, 0.25) is 5.91 Å². The third kappa shape index (κ3) is 4.07. The number of benzene rings is 1. The van der Waals surface area contributed by atoms with Crippen molar-refractivity contribution in [2.45, 2.75) is 31.9 Å². The van der Waals surface area contributed by atoms with E-state index in [-0.39, 0.29) is 6.54 Å². The van der Waals surface area contributed by atoms with E-state index in [4.69, 9.17) is 9.47 Å². The Balaban J connectivity index is 1.94. The summed E-state index contributed by atoms with van der Waals surface area (Å²) in [5.74, 6) is -2.05. The normalized spacial score (nSPS) is 19.7. The zero-order chi connectivity index (χ0) is 16.2. The molecule has 2 rings (SSSR count). The first-order valence-corrected chi connectivity index (χ1v) is 7.14. The fraction of sp³-hybridized carbons (Fsp3) is 0.533. The predicted octanol–water partition coefficient (Wildman–Crippen LogP) is 1.71. The number of alkyl halides is 2. The summed E-state index contributed by atoms with van der Waals surface area (Å²) in [6, 6.07) is 4.45. The van der Waals surface area contributed by atoms with Gasteiger partial charge >= 0.3 is 0 Å². The Labute approximate surface area is 128 Å². The summed E-state index contributed by atoms with van der Waals surface area (Å²) in [4.78, 5) is 11.9. The molecule has 1 amide bonds. The number of methoxy groups -OCH3 is 1. The molecule has 0 radical (unpaired) electrons. The van der Waals surface area contributed by atoms with Crippen LogP contribution in [0, 0.1) is 0 Å². The Morgan fingerprint density at radius 2 is 2.23 bits per heavy atom. The molecule has 1 atom stereocenters. The van der Waals surface area contributed by atoms with E-state index in [0.717, 1.165) is 5.56 Å². The van der Waals surface area contributed by atoms with Crippen molar-refractivity contribution in [2.24, 2.45) is 0 Å². The lowest BCUT2D eigenvalue weighted by Gasteiger charge is -2.13. The molecule has 0 bridgehead atoms. The number of hydrogen-bond donors (Lipinski definition) is 2. The van der Waals surface area contributed by atoms with Gasteiger partial charge in [-0.1, -0.05) is 6.07 Å². The Morgan fingerprint density at radius 1 is 1.45 bits per heavy atom. The van der Waals surface area contributed by atoms with E-state index in [0.29, 0.717) is 18.1 Å². The third-order valence-electron chi connectivity index (χ3n) is 3.42. The molecule has 1 saturated heterocycles. The number of hydrogen-bond acceptors (Lipinski definition) is 4. The Hall–Kier alpha value is -1.89. The molecular weight excluding hydrogens is 294 g/mol. The molecule has 5 nitrogen and oxygen atoms in total. The van der Waals surface area contributed by atoms with E-state index in [1.807, 2.05) is 6.92 Å². The van der Waals surface area contributed by atoms with Crippen molar-refractivity contribution in [1.82, 2.24) is 10.6 Å². The van der Waals surface area contributed by atoms with Crippen LogP contribution in [0.3, 0.4) is 0 Å². The number of carbonyl (C=O) groups is 1. The zero-order valence-electron chi connectivity index (χ0n) is 12.6. The summed E-state index contributed by atoms with van der Waals surface area (Å²) in [5, 5.41) is 5.18. The number of amides is 1. The zero-order valence-corrected chi connectivity index (χ0v) is 12.6. The van der Waals surface area contributed by atoms with E-state index >= 15 is 0 Å². The van der Waals surface area contributed by atoms with Crippen molar-refractivity contribution >= 4 is 5.91 Å². The van der Waals surface area contributed by atoms with Gasteiger partial charge in [-0.2, -0.15) is 0 Å². The second-order valence-corrected chi connectivity index (χ2v) is 5.13. The highest BCUT2D eigenvalue weighted by Gasteiger charge is 2.42. The van der Waals surface area contributed by atoms with Gasteiger partial charge in [0.05, 0.1) is 26.3 Å². The molecule has 122 valence electrons. The molecule has 0 spiro atoms. The first-order chi connectivity index (χ1) is 10.4. The monoisotopic (exact) mass is 314 g/mol. The van der Waals surface area contributed by atoms with E-state index in [1.54, 1.807) is 25.3 Å². The van der Waals surface area contributed by atoms with Crippen LogP contribution in [0.1, 0.15) is 18.9 Å². The molecule has 7 heteroatoms. The van der Waals surface area contributed by atoms with Crippen molar-refractivity contribution in [2.75, 3.05) is 20.3 Å². The quantitative estimate of drug-likeness (QED) is 0.839. The second kappa shape index (κ2) is 6.91. The summed E-state index contributed by atoms with van der Waals surface area (Å²) in [7, 11) is 1.55. The fourth-order valence-electron chi connectivity index (χ4n) is 2.31. The maximum atomic E-state index is 13.1. The van der Waals surface area contributed by atoms with Crippen molar-refractivity contribution in [3.05, 3.63) is 23.8 Å². The first kappa shape index (κ1) is 16.5.